The van der Waals surface area contributed by atoms with Crippen LogP contribution in [0, 0.1) is 47.3 Å². The van der Waals surface area contributed by atoms with E-state index in [0.29, 0.717) is 17.8 Å². The summed E-state index contributed by atoms with van der Waals surface area (Å²) in [6.07, 6.45) is 14.1. The van der Waals surface area contributed by atoms with Gasteiger partial charge in [-0.05, 0) is 112 Å². The van der Waals surface area contributed by atoms with Gasteiger partial charge in [-0.2, -0.15) is 0 Å². The van der Waals surface area contributed by atoms with E-state index in [4.69, 9.17) is 0 Å². The van der Waals surface area contributed by atoms with Gasteiger partial charge in [0.1, 0.15) is 24.7 Å². The van der Waals surface area contributed by atoms with Crippen LogP contribution in [0.1, 0.15) is 136 Å². The minimum absolute atomic E-state index is 0.0600. The molecule has 0 aliphatic heterocycles. The summed E-state index contributed by atoms with van der Waals surface area (Å²) in [5, 5.41) is 0. The van der Waals surface area contributed by atoms with E-state index in [2.05, 4.69) is 13.8 Å². The maximum Gasteiger partial charge on any atom is 0.134 e. The SMILES string of the molecule is CCCCC1CCC(CCC2CCC(C3CCC(C4CCC(CCC)CC4)C(F)C3F)CC2)C(F)C1F. The van der Waals surface area contributed by atoms with E-state index in [9.17, 15) is 8.78 Å². The molecule has 4 saturated carbocycles. The topological polar surface area (TPSA) is 0 Å². The van der Waals surface area contributed by atoms with Crippen LogP contribution in [0.15, 0.2) is 0 Å². The van der Waals surface area contributed by atoms with Crippen LogP contribution in [-0.2, 0) is 0 Å². The molecule has 37 heavy (non-hydrogen) atoms. The zero-order valence-corrected chi connectivity index (χ0v) is 23.9. The largest absolute Gasteiger partial charge is 0.244 e. The smallest absolute Gasteiger partial charge is 0.134 e. The maximum absolute atomic E-state index is 15.5. The van der Waals surface area contributed by atoms with Gasteiger partial charge in [-0.1, -0.05) is 71.6 Å². The summed E-state index contributed by atoms with van der Waals surface area (Å²) in [7, 11) is 0. The van der Waals surface area contributed by atoms with E-state index in [0.717, 1.165) is 102 Å². The molecular weight excluding hydrogens is 472 g/mol. The second kappa shape index (κ2) is 14.4. The van der Waals surface area contributed by atoms with E-state index in [-0.39, 0.29) is 23.7 Å². The molecule has 0 heterocycles. The molecule has 4 aliphatic carbocycles. The van der Waals surface area contributed by atoms with Crippen molar-refractivity contribution in [2.24, 2.45) is 47.3 Å². The Hall–Kier alpha value is -0.280. The Balaban J connectivity index is 1.17. The van der Waals surface area contributed by atoms with Crippen molar-refractivity contribution in [2.75, 3.05) is 0 Å². The Morgan fingerprint density at radius 2 is 0.892 bits per heavy atom. The molecule has 0 aromatic heterocycles. The third kappa shape index (κ3) is 7.47. The minimum atomic E-state index is -1.29. The predicted molar refractivity (Wildman–Crippen MR) is 147 cm³/mol. The molecule has 4 rings (SSSR count). The minimum Gasteiger partial charge on any atom is -0.244 e. The Labute approximate surface area is 225 Å². The predicted octanol–water partition coefficient (Wildman–Crippen LogP) is 10.8. The van der Waals surface area contributed by atoms with Crippen molar-refractivity contribution in [1.82, 2.24) is 0 Å². The highest BCUT2D eigenvalue weighted by molar-refractivity contribution is 4.95. The van der Waals surface area contributed by atoms with E-state index < -0.39 is 24.7 Å². The van der Waals surface area contributed by atoms with Crippen LogP contribution in [0.3, 0.4) is 0 Å². The molecule has 0 bridgehead atoms. The molecule has 0 N–H and O–H groups in total. The van der Waals surface area contributed by atoms with Crippen LogP contribution in [0.5, 0.6) is 0 Å². The summed E-state index contributed by atoms with van der Waals surface area (Å²) < 4.78 is 60.3. The molecular formula is C33H56F4. The summed E-state index contributed by atoms with van der Waals surface area (Å²) in [5.41, 5.74) is 0. The molecule has 4 fully saturated rings. The van der Waals surface area contributed by atoms with Crippen LogP contribution in [0.2, 0.25) is 0 Å². The van der Waals surface area contributed by atoms with Crippen molar-refractivity contribution in [3.05, 3.63) is 0 Å². The highest BCUT2D eigenvalue weighted by atomic mass is 19.2. The van der Waals surface area contributed by atoms with Gasteiger partial charge in [0.15, 0.2) is 0 Å². The van der Waals surface area contributed by atoms with Gasteiger partial charge in [0.25, 0.3) is 0 Å². The van der Waals surface area contributed by atoms with E-state index in [1.165, 1.54) is 25.7 Å². The quantitative estimate of drug-likeness (QED) is 0.247. The van der Waals surface area contributed by atoms with Gasteiger partial charge in [0, 0.05) is 0 Å². The van der Waals surface area contributed by atoms with Crippen molar-refractivity contribution in [3.8, 4) is 0 Å². The lowest BCUT2D eigenvalue weighted by molar-refractivity contribution is -0.0375. The second-order valence-electron chi connectivity index (χ2n) is 13.9. The van der Waals surface area contributed by atoms with Crippen molar-refractivity contribution in [3.63, 3.8) is 0 Å². The highest BCUT2D eigenvalue weighted by Gasteiger charge is 2.47. The Bertz CT molecular complexity index is 638. The van der Waals surface area contributed by atoms with Crippen molar-refractivity contribution in [1.29, 1.82) is 0 Å². The lowest BCUT2D eigenvalue weighted by Gasteiger charge is -2.45. The average Bonchev–Trinajstić information content (AvgIpc) is 2.92. The summed E-state index contributed by atoms with van der Waals surface area (Å²) in [5.74, 6) is 1.68. The standard InChI is InChI=1S/C33H56F4/c1-3-5-7-26-18-19-27(31(35)30(26)34)17-12-23-10-15-25(16-11-23)29-21-20-28(32(36)33(29)37)24-13-8-22(6-4-2)9-14-24/h22-33H,3-21H2,1-2H3. The first kappa shape index (κ1) is 29.7. The Morgan fingerprint density at radius 3 is 1.35 bits per heavy atom. The molecule has 4 aliphatic rings. The monoisotopic (exact) mass is 528 g/mol. The van der Waals surface area contributed by atoms with Gasteiger partial charge in [0.2, 0.25) is 0 Å². The fourth-order valence-electron chi connectivity index (χ4n) is 9.18. The van der Waals surface area contributed by atoms with Gasteiger partial charge in [-0.3, -0.25) is 0 Å². The number of hydrogen-bond donors (Lipinski definition) is 0. The van der Waals surface area contributed by atoms with Gasteiger partial charge < -0.3 is 0 Å². The number of halogens is 4. The molecule has 0 amide bonds. The number of unbranched alkanes of at least 4 members (excludes halogenated alkanes) is 1. The highest BCUT2D eigenvalue weighted by Crippen LogP contribution is 2.49. The van der Waals surface area contributed by atoms with Crippen LogP contribution >= 0.6 is 0 Å². The van der Waals surface area contributed by atoms with Crippen molar-refractivity contribution < 1.29 is 17.6 Å². The molecule has 216 valence electrons. The first-order valence-electron chi connectivity index (χ1n) is 16.5. The average molecular weight is 529 g/mol. The van der Waals surface area contributed by atoms with Gasteiger partial charge in [-0.25, -0.2) is 17.6 Å². The zero-order valence-electron chi connectivity index (χ0n) is 23.9. The van der Waals surface area contributed by atoms with Gasteiger partial charge in [0.05, 0.1) is 0 Å². The number of hydrogen-bond acceptors (Lipinski definition) is 0. The molecule has 4 heteroatoms. The molecule has 0 radical (unpaired) electrons. The van der Waals surface area contributed by atoms with Crippen LogP contribution in [0.4, 0.5) is 17.6 Å². The van der Waals surface area contributed by atoms with Crippen molar-refractivity contribution in [2.45, 2.75) is 161 Å². The van der Waals surface area contributed by atoms with Crippen molar-refractivity contribution >= 4 is 0 Å². The second-order valence-corrected chi connectivity index (χ2v) is 13.9. The first-order valence-corrected chi connectivity index (χ1v) is 16.5. The van der Waals surface area contributed by atoms with Crippen LogP contribution in [0.25, 0.3) is 0 Å². The molecule has 8 unspecified atom stereocenters. The van der Waals surface area contributed by atoms with Crippen LogP contribution in [-0.4, -0.2) is 24.7 Å². The molecule has 0 saturated heterocycles. The molecule has 0 aromatic carbocycles. The summed E-state index contributed by atoms with van der Waals surface area (Å²) >= 11 is 0. The van der Waals surface area contributed by atoms with E-state index >= 15 is 8.78 Å². The van der Waals surface area contributed by atoms with Gasteiger partial charge in [-0.15, -0.1) is 0 Å². The molecule has 0 nitrogen and oxygen atoms in total. The summed E-state index contributed by atoms with van der Waals surface area (Å²) in [6, 6.07) is 0. The zero-order chi connectivity index (χ0) is 26.4. The van der Waals surface area contributed by atoms with E-state index in [1.54, 1.807) is 0 Å². The van der Waals surface area contributed by atoms with E-state index in [1.807, 2.05) is 0 Å². The number of rotatable bonds is 10. The third-order valence-electron chi connectivity index (χ3n) is 11.6. The molecule has 8 atom stereocenters. The maximum atomic E-state index is 15.5. The fourth-order valence-corrected chi connectivity index (χ4v) is 9.18. The fraction of sp³-hybridized carbons (Fsp3) is 1.00. The first-order chi connectivity index (χ1) is 17.9. The summed E-state index contributed by atoms with van der Waals surface area (Å²) in [6.45, 7) is 4.35. The third-order valence-corrected chi connectivity index (χ3v) is 11.6. The Morgan fingerprint density at radius 1 is 0.432 bits per heavy atom. The molecule has 0 spiro atoms. The lowest BCUT2D eigenvalue weighted by Crippen LogP contribution is -2.45. The normalized spacial score (nSPS) is 45.6. The van der Waals surface area contributed by atoms with Crippen LogP contribution < -0.4 is 0 Å². The summed E-state index contributed by atoms with van der Waals surface area (Å²) in [4.78, 5) is 0. The lowest BCUT2D eigenvalue weighted by atomic mass is 9.63. The van der Waals surface area contributed by atoms with Gasteiger partial charge >= 0.3 is 0 Å². The molecule has 0 aromatic rings. The number of alkyl halides is 4. The Kier molecular flexibility index (Phi) is 11.5.